The van der Waals surface area contributed by atoms with Crippen LogP contribution < -0.4 is 10.6 Å². The number of hydrogen-bond donors (Lipinski definition) is 2. The van der Waals surface area contributed by atoms with Crippen molar-refractivity contribution >= 4 is 23.1 Å². The minimum absolute atomic E-state index is 0.154. The fraction of sp³-hybridized carbons (Fsp3) is 0.167. The Labute approximate surface area is 139 Å². The zero-order chi connectivity index (χ0) is 17.4. The number of nitrogens with zero attached hydrogens (tertiary/aromatic N) is 1. The molecule has 0 unspecified atom stereocenters. The number of anilines is 1. The molecule has 0 saturated heterocycles. The summed E-state index contributed by atoms with van der Waals surface area (Å²) in [7, 11) is 0. The number of rotatable bonds is 6. The smallest absolute Gasteiger partial charge is 0.244 e. The van der Waals surface area contributed by atoms with Crippen molar-refractivity contribution in [1.29, 1.82) is 0 Å². The van der Waals surface area contributed by atoms with Gasteiger partial charge in [0.15, 0.2) is 0 Å². The van der Waals surface area contributed by atoms with E-state index in [9.17, 15) is 14.0 Å². The molecule has 2 N–H and O–H groups in total. The molecule has 0 spiro atoms. The molecule has 5 nitrogen and oxygen atoms in total. The number of nitrogens with one attached hydrogen (secondary N) is 2. The van der Waals surface area contributed by atoms with Gasteiger partial charge in [0, 0.05) is 37.1 Å². The van der Waals surface area contributed by atoms with Crippen molar-refractivity contribution < 1.29 is 14.0 Å². The first-order chi connectivity index (χ1) is 11.5. The van der Waals surface area contributed by atoms with Gasteiger partial charge in [0.25, 0.3) is 0 Å². The van der Waals surface area contributed by atoms with E-state index in [1.807, 2.05) is 0 Å². The highest BCUT2D eigenvalue weighted by molar-refractivity contribution is 5.95. The maximum absolute atomic E-state index is 13.2. The molecular weight excluding hydrogens is 309 g/mol. The SMILES string of the molecule is C/C(=C/C(=O)NCCC(=O)Nc1ccncc1)c1cccc(F)c1. The number of halogens is 1. The van der Waals surface area contributed by atoms with Crippen LogP contribution in [0.5, 0.6) is 0 Å². The standard InChI is InChI=1S/C18H18FN3O2/c1-13(14-3-2-4-15(19)12-14)11-18(24)21-10-7-17(23)22-16-5-8-20-9-6-16/h2-6,8-9,11-12H,7,10H2,1H3,(H,21,24)(H,20,22,23)/b13-11-. The van der Waals surface area contributed by atoms with Crippen LogP contribution >= 0.6 is 0 Å². The lowest BCUT2D eigenvalue weighted by Crippen LogP contribution is -2.26. The third-order valence-corrected chi connectivity index (χ3v) is 3.24. The van der Waals surface area contributed by atoms with Crippen LogP contribution in [0.2, 0.25) is 0 Å². The number of hydrogen-bond acceptors (Lipinski definition) is 3. The van der Waals surface area contributed by atoms with Crippen molar-refractivity contribution in [2.24, 2.45) is 0 Å². The first-order valence-corrected chi connectivity index (χ1v) is 7.46. The van der Waals surface area contributed by atoms with Crippen LogP contribution in [0.1, 0.15) is 18.9 Å². The monoisotopic (exact) mass is 327 g/mol. The molecule has 124 valence electrons. The molecule has 0 aliphatic rings. The molecule has 0 fully saturated rings. The minimum Gasteiger partial charge on any atom is -0.352 e. The lowest BCUT2D eigenvalue weighted by Gasteiger charge is -2.06. The Bertz CT molecular complexity index is 745. The van der Waals surface area contributed by atoms with E-state index in [0.29, 0.717) is 16.8 Å². The van der Waals surface area contributed by atoms with Crippen LogP contribution in [0.4, 0.5) is 10.1 Å². The fourth-order valence-corrected chi connectivity index (χ4v) is 2.02. The van der Waals surface area contributed by atoms with Crippen molar-refractivity contribution in [1.82, 2.24) is 10.3 Å². The van der Waals surface area contributed by atoms with Crippen molar-refractivity contribution in [3.8, 4) is 0 Å². The molecule has 2 rings (SSSR count). The molecule has 0 aliphatic heterocycles. The van der Waals surface area contributed by atoms with Gasteiger partial charge in [0.1, 0.15) is 5.82 Å². The second-order valence-corrected chi connectivity index (χ2v) is 5.16. The highest BCUT2D eigenvalue weighted by atomic mass is 19.1. The second-order valence-electron chi connectivity index (χ2n) is 5.16. The summed E-state index contributed by atoms with van der Waals surface area (Å²) in [5.74, 6) is -0.880. The van der Waals surface area contributed by atoms with E-state index in [1.54, 1.807) is 43.6 Å². The predicted octanol–water partition coefficient (Wildman–Crippen LogP) is 2.77. The minimum atomic E-state index is -0.353. The van der Waals surface area contributed by atoms with E-state index < -0.39 is 0 Å². The molecule has 0 aliphatic carbocycles. The van der Waals surface area contributed by atoms with E-state index in [2.05, 4.69) is 15.6 Å². The summed E-state index contributed by atoms with van der Waals surface area (Å²) in [4.78, 5) is 27.4. The van der Waals surface area contributed by atoms with E-state index in [0.717, 1.165) is 0 Å². The molecule has 24 heavy (non-hydrogen) atoms. The van der Waals surface area contributed by atoms with Crippen LogP contribution in [0, 0.1) is 5.82 Å². The molecule has 1 aromatic heterocycles. The Hall–Kier alpha value is -3.02. The fourth-order valence-electron chi connectivity index (χ4n) is 2.02. The topological polar surface area (TPSA) is 71.1 Å². The highest BCUT2D eigenvalue weighted by Gasteiger charge is 2.05. The van der Waals surface area contributed by atoms with Gasteiger partial charge in [-0.2, -0.15) is 0 Å². The van der Waals surface area contributed by atoms with Gasteiger partial charge in [-0.3, -0.25) is 14.6 Å². The molecule has 0 atom stereocenters. The number of carbonyl (C=O) groups excluding carboxylic acids is 2. The van der Waals surface area contributed by atoms with Crippen LogP contribution in [0.25, 0.3) is 5.57 Å². The third kappa shape index (κ3) is 5.64. The average Bonchev–Trinajstić information content (AvgIpc) is 2.55. The van der Waals surface area contributed by atoms with Gasteiger partial charge in [-0.15, -0.1) is 0 Å². The Kier molecular flexibility index (Phi) is 6.19. The summed E-state index contributed by atoms with van der Waals surface area (Å²) in [6, 6.07) is 9.39. The van der Waals surface area contributed by atoms with Crippen molar-refractivity contribution in [2.75, 3.05) is 11.9 Å². The van der Waals surface area contributed by atoms with Crippen LogP contribution in [-0.2, 0) is 9.59 Å². The zero-order valence-electron chi connectivity index (χ0n) is 13.3. The van der Waals surface area contributed by atoms with Crippen molar-refractivity contribution in [2.45, 2.75) is 13.3 Å². The van der Waals surface area contributed by atoms with E-state index in [1.165, 1.54) is 18.2 Å². The molecule has 2 aromatic rings. The summed E-state index contributed by atoms with van der Waals surface area (Å²) >= 11 is 0. The van der Waals surface area contributed by atoms with Crippen LogP contribution in [-0.4, -0.2) is 23.3 Å². The van der Waals surface area contributed by atoms with E-state index in [4.69, 9.17) is 0 Å². The normalized spacial score (nSPS) is 11.0. The Morgan fingerprint density at radius 3 is 2.67 bits per heavy atom. The van der Waals surface area contributed by atoms with Crippen LogP contribution in [0.15, 0.2) is 54.9 Å². The number of benzene rings is 1. The number of amides is 2. The second kappa shape index (κ2) is 8.57. The van der Waals surface area contributed by atoms with Crippen LogP contribution in [0.3, 0.4) is 0 Å². The zero-order valence-corrected chi connectivity index (χ0v) is 13.3. The van der Waals surface area contributed by atoms with Gasteiger partial charge < -0.3 is 10.6 Å². The highest BCUT2D eigenvalue weighted by Crippen LogP contribution is 2.14. The lowest BCUT2D eigenvalue weighted by atomic mass is 10.1. The van der Waals surface area contributed by atoms with Crippen molar-refractivity contribution in [3.63, 3.8) is 0 Å². The van der Waals surface area contributed by atoms with Crippen molar-refractivity contribution in [3.05, 3.63) is 66.2 Å². The first-order valence-electron chi connectivity index (χ1n) is 7.46. The maximum Gasteiger partial charge on any atom is 0.244 e. The summed E-state index contributed by atoms with van der Waals surface area (Å²) in [6.07, 6.45) is 4.70. The molecule has 0 radical (unpaired) electrons. The molecule has 1 heterocycles. The Morgan fingerprint density at radius 1 is 1.21 bits per heavy atom. The van der Waals surface area contributed by atoms with E-state index in [-0.39, 0.29) is 30.6 Å². The van der Waals surface area contributed by atoms with Gasteiger partial charge in [0.05, 0.1) is 0 Å². The van der Waals surface area contributed by atoms with Gasteiger partial charge in [-0.1, -0.05) is 12.1 Å². The molecule has 0 saturated carbocycles. The summed E-state index contributed by atoms with van der Waals surface area (Å²) in [5.41, 5.74) is 1.94. The van der Waals surface area contributed by atoms with Gasteiger partial charge in [-0.25, -0.2) is 4.39 Å². The van der Waals surface area contributed by atoms with Gasteiger partial charge in [0.2, 0.25) is 11.8 Å². The Morgan fingerprint density at radius 2 is 1.96 bits per heavy atom. The lowest BCUT2D eigenvalue weighted by molar-refractivity contribution is -0.117. The summed E-state index contributed by atoms with van der Waals surface area (Å²) in [6.45, 7) is 1.94. The average molecular weight is 327 g/mol. The molecule has 0 bridgehead atoms. The summed E-state index contributed by atoms with van der Waals surface area (Å²) in [5, 5.41) is 5.33. The number of carbonyl (C=O) groups is 2. The van der Waals surface area contributed by atoms with Gasteiger partial charge in [-0.05, 0) is 42.3 Å². The third-order valence-electron chi connectivity index (χ3n) is 3.24. The Balaban J connectivity index is 1.78. The number of aromatic nitrogens is 1. The largest absolute Gasteiger partial charge is 0.352 e. The molecule has 1 aromatic carbocycles. The maximum atomic E-state index is 13.2. The van der Waals surface area contributed by atoms with E-state index >= 15 is 0 Å². The summed E-state index contributed by atoms with van der Waals surface area (Å²) < 4.78 is 13.2. The molecular formula is C18H18FN3O2. The predicted molar refractivity (Wildman–Crippen MR) is 90.5 cm³/mol. The first kappa shape index (κ1) is 17.3. The molecule has 6 heteroatoms. The number of pyridine rings is 1. The number of allylic oxidation sites excluding steroid dienone is 1. The molecule has 2 amide bonds. The quantitative estimate of drug-likeness (QED) is 0.802. The van der Waals surface area contributed by atoms with Gasteiger partial charge >= 0.3 is 0 Å².